The number of aliphatic hydroxyl groups excluding tert-OH is 1. The smallest absolute Gasteiger partial charge is 0.0572 e. The third-order valence-corrected chi connectivity index (χ3v) is 4.57. The zero-order valence-corrected chi connectivity index (χ0v) is 10.2. The molecule has 1 heterocycles. The minimum absolute atomic E-state index is 0.0603. The summed E-state index contributed by atoms with van der Waals surface area (Å²) in [5.74, 6) is 1.35. The lowest BCUT2D eigenvalue weighted by Crippen LogP contribution is -2.30. The monoisotopic (exact) mass is 224 g/mol. The average molecular weight is 224 g/mol. The van der Waals surface area contributed by atoms with Crippen LogP contribution in [0.1, 0.15) is 37.5 Å². The first-order chi connectivity index (χ1) is 7.29. The van der Waals surface area contributed by atoms with Crippen molar-refractivity contribution in [3.05, 3.63) is 22.4 Å². The third kappa shape index (κ3) is 2.82. The van der Waals surface area contributed by atoms with Crippen molar-refractivity contribution in [2.75, 3.05) is 0 Å². The fourth-order valence-electron chi connectivity index (χ4n) is 2.62. The van der Waals surface area contributed by atoms with Crippen molar-refractivity contribution in [2.45, 2.75) is 45.1 Å². The zero-order chi connectivity index (χ0) is 10.7. The van der Waals surface area contributed by atoms with Crippen molar-refractivity contribution in [1.82, 2.24) is 0 Å². The maximum Gasteiger partial charge on any atom is 0.0572 e. The van der Waals surface area contributed by atoms with Gasteiger partial charge in [0.2, 0.25) is 0 Å². The lowest BCUT2D eigenvalue weighted by molar-refractivity contribution is 0.0479. The summed E-state index contributed by atoms with van der Waals surface area (Å²) in [5, 5.41) is 12.1. The molecular formula is C13H20OS. The van der Waals surface area contributed by atoms with Gasteiger partial charge in [-0.2, -0.15) is 0 Å². The Morgan fingerprint density at radius 2 is 2.33 bits per heavy atom. The molecule has 0 aliphatic heterocycles. The summed E-state index contributed by atoms with van der Waals surface area (Å²) < 4.78 is 0. The molecule has 1 nitrogen and oxygen atoms in total. The molecule has 0 spiro atoms. The van der Waals surface area contributed by atoms with Crippen LogP contribution in [-0.2, 0) is 6.42 Å². The summed E-state index contributed by atoms with van der Waals surface area (Å²) >= 11 is 1.82. The minimum Gasteiger partial charge on any atom is -0.393 e. The van der Waals surface area contributed by atoms with Gasteiger partial charge < -0.3 is 5.11 Å². The van der Waals surface area contributed by atoms with E-state index in [-0.39, 0.29) is 6.10 Å². The van der Waals surface area contributed by atoms with Gasteiger partial charge in [0.25, 0.3) is 0 Å². The van der Waals surface area contributed by atoms with E-state index in [2.05, 4.69) is 24.4 Å². The summed E-state index contributed by atoms with van der Waals surface area (Å²) in [6.45, 7) is 2.27. The van der Waals surface area contributed by atoms with Crippen molar-refractivity contribution < 1.29 is 5.11 Å². The highest BCUT2D eigenvalue weighted by molar-refractivity contribution is 7.09. The molecule has 1 aliphatic rings. The molecule has 1 aromatic heterocycles. The van der Waals surface area contributed by atoms with Crippen LogP contribution in [0.2, 0.25) is 0 Å². The molecule has 84 valence electrons. The van der Waals surface area contributed by atoms with Gasteiger partial charge in [-0.15, -0.1) is 11.3 Å². The maximum atomic E-state index is 9.99. The molecular weight excluding hydrogens is 204 g/mol. The molecule has 1 aromatic rings. The van der Waals surface area contributed by atoms with E-state index in [9.17, 15) is 5.11 Å². The van der Waals surface area contributed by atoms with E-state index < -0.39 is 0 Å². The second-order valence-electron chi connectivity index (χ2n) is 4.70. The number of hydrogen-bond acceptors (Lipinski definition) is 2. The molecule has 1 saturated carbocycles. The highest BCUT2D eigenvalue weighted by Gasteiger charge is 2.28. The zero-order valence-electron chi connectivity index (χ0n) is 9.36. The average Bonchev–Trinajstić information content (AvgIpc) is 2.74. The van der Waals surface area contributed by atoms with Crippen molar-refractivity contribution in [1.29, 1.82) is 0 Å². The Hall–Kier alpha value is -0.340. The van der Waals surface area contributed by atoms with Crippen LogP contribution in [0.4, 0.5) is 0 Å². The lowest BCUT2D eigenvalue weighted by atomic mass is 9.77. The summed E-state index contributed by atoms with van der Waals surface area (Å²) in [4.78, 5) is 1.43. The molecule has 15 heavy (non-hydrogen) atoms. The molecule has 1 fully saturated rings. The van der Waals surface area contributed by atoms with Gasteiger partial charge in [-0.1, -0.05) is 19.4 Å². The number of hydrogen-bond donors (Lipinski definition) is 1. The molecule has 3 unspecified atom stereocenters. The SMILES string of the molecule is CCC1CCC(O)C(Cc2cccs2)C1. The molecule has 2 rings (SSSR count). The van der Waals surface area contributed by atoms with E-state index in [0.717, 1.165) is 18.8 Å². The standard InChI is InChI=1S/C13H20OS/c1-2-10-5-6-13(14)11(8-10)9-12-4-3-7-15-12/h3-4,7,10-11,13-14H,2,5-6,8-9H2,1H3. The number of thiophene rings is 1. The molecule has 0 radical (unpaired) electrons. The van der Waals surface area contributed by atoms with Crippen molar-refractivity contribution in [2.24, 2.45) is 11.8 Å². The summed E-state index contributed by atoms with van der Waals surface area (Å²) in [6.07, 6.45) is 5.74. The largest absolute Gasteiger partial charge is 0.393 e. The van der Waals surface area contributed by atoms with Crippen LogP contribution in [0.5, 0.6) is 0 Å². The second kappa shape index (κ2) is 5.13. The third-order valence-electron chi connectivity index (χ3n) is 3.67. The van der Waals surface area contributed by atoms with Gasteiger partial charge in [0.15, 0.2) is 0 Å². The van der Waals surface area contributed by atoms with Crippen LogP contribution in [0, 0.1) is 11.8 Å². The fraction of sp³-hybridized carbons (Fsp3) is 0.692. The van der Waals surface area contributed by atoms with Gasteiger partial charge in [0.1, 0.15) is 0 Å². The summed E-state index contributed by atoms with van der Waals surface area (Å²) in [5.41, 5.74) is 0. The van der Waals surface area contributed by atoms with E-state index in [1.165, 1.54) is 24.1 Å². The Labute approximate surface area is 96.1 Å². The highest BCUT2D eigenvalue weighted by atomic mass is 32.1. The van der Waals surface area contributed by atoms with E-state index in [1.54, 1.807) is 0 Å². The first kappa shape index (κ1) is 11.2. The van der Waals surface area contributed by atoms with Crippen molar-refractivity contribution in [3.8, 4) is 0 Å². The minimum atomic E-state index is -0.0603. The molecule has 0 amide bonds. The van der Waals surface area contributed by atoms with Gasteiger partial charge in [-0.05, 0) is 49.0 Å². The molecule has 3 atom stereocenters. The molecule has 1 N–H and O–H groups in total. The first-order valence-electron chi connectivity index (χ1n) is 6.00. The van der Waals surface area contributed by atoms with Gasteiger partial charge in [-0.3, -0.25) is 0 Å². The topological polar surface area (TPSA) is 20.2 Å². The Kier molecular flexibility index (Phi) is 3.81. The molecule has 1 aliphatic carbocycles. The number of rotatable bonds is 3. The summed E-state index contributed by atoms with van der Waals surface area (Å²) in [7, 11) is 0. The van der Waals surface area contributed by atoms with E-state index in [4.69, 9.17) is 0 Å². The van der Waals surface area contributed by atoms with E-state index in [0.29, 0.717) is 5.92 Å². The van der Waals surface area contributed by atoms with Crippen LogP contribution in [-0.4, -0.2) is 11.2 Å². The van der Waals surface area contributed by atoms with E-state index in [1.807, 2.05) is 11.3 Å². The van der Waals surface area contributed by atoms with Crippen LogP contribution >= 0.6 is 11.3 Å². The van der Waals surface area contributed by atoms with Gasteiger partial charge in [-0.25, -0.2) is 0 Å². The van der Waals surface area contributed by atoms with Gasteiger partial charge >= 0.3 is 0 Å². The highest BCUT2D eigenvalue weighted by Crippen LogP contribution is 2.33. The van der Waals surface area contributed by atoms with Crippen LogP contribution in [0.3, 0.4) is 0 Å². The molecule has 2 heteroatoms. The van der Waals surface area contributed by atoms with Crippen LogP contribution in [0.15, 0.2) is 17.5 Å². The predicted octanol–water partition coefficient (Wildman–Crippen LogP) is 3.48. The van der Waals surface area contributed by atoms with Crippen LogP contribution < -0.4 is 0 Å². The predicted molar refractivity (Wildman–Crippen MR) is 65.2 cm³/mol. The Morgan fingerprint density at radius 1 is 1.47 bits per heavy atom. The van der Waals surface area contributed by atoms with Crippen molar-refractivity contribution >= 4 is 11.3 Å². The fourth-order valence-corrected chi connectivity index (χ4v) is 3.42. The maximum absolute atomic E-state index is 9.99. The second-order valence-corrected chi connectivity index (χ2v) is 5.73. The van der Waals surface area contributed by atoms with Gasteiger partial charge in [0.05, 0.1) is 6.10 Å². The quantitative estimate of drug-likeness (QED) is 0.833. The molecule has 0 saturated heterocycles. The first-order valence-corrected chi connectivity index (χ1v) is 6.88. The normalized spacial score (nSPS) is 31.7. The summed E-state index contributed by atoms with van der Waals surface area (Å²) in [6, 6.07) is 4.29. The Morgan fingerprint density at radius 3 is 3.00 bits per heavy atom. The Bertz CT molecular complexity index is 281. The molecule has 0 bridgehead atoms. The Balaban J connectivity index is 1.94. The molecule has 0 aromatic carbocycles. The lowest BCUT2D eigenvalue weighted by Gasteiger charge is -2.32. The van der Waals surface area contributed by atoms with Crippen LogP contribution in [0.25, 0.3) is 0 Å². The van der Waals surface area contributed by atoms with Gasteiger partial charge in [0, 0.05) is 4.88 Å². The van der Waals surface area contributed by atoms with E-state index >= 15 is 0 Å². The van der Waals surface area contributed by atoms with Crippen molar-refractivity contribution in [3.63, 3.8) is 0 Å². The number of aliphatic hydroxyl groups is 1.